The topological polar surface area (TPSA) is 9.23 Å². The van der Waals surface area contributed by atoms with Gasteiger partial charge < -0.3 is 4.74 Å². The summed E-state index contributed by atoms with van der Waals surface area (Å²) in [5, 5.41) is 0. The monoisotopic (exact) mass is 256 g/mol. The van der Waals surface area contributed by atoms with Crippen molar-refractivity contribution in [1.29, 1.82) is 0 Å². The minimum absolute atomic E-state index is 0.560. The molecule has 1 aliphatic rings. The fourth-order valence-corrected chi connectivity index (χ4v) is 2.13. The highest BCUT2D eigenvalue weighted by molar-refractivity contribution is 8.02. The van der Waals surface area contributed by atoms with Crippen molar-refractivity contribution >= 4 is 23.4 Å². The molecular weight excluding hydrogens is 240 g/mol. The van der Waals surface area contributed by atoms with Crippen LogP contribution < -0.4 is 0 Å². The van der Waals surface area contributed by atoms with Crippen LogP contribution in [0.1, 0.15) is 20.3 Å². The predicted molar refractivity (Wildman–Crippen MR) is 73.6 cm³/mol. The van der Waals surface area contributed by atoms with E-state index in [9.17, 15) is 0 Å². The van der Waals surface area contributed by atoms with Gasteiger partial charge in [0.1, 0.15) is 11.7 Å². The quantitative estimate of drug-likeness (QED) is 0.524. The van der Waals surface area contributed by atoms with Crippen LogP contribution in [0.3, 0.4) is 0 Å². The molecule has 88 valence electrons. The Hall–Kier alpha value is -0.600. The first kappa shape index (κ1) is 13.5. The summed E-state index contributed by atoms with van der Waals surface area (Å²) >= 11 is 7.27. The maximum absolute atomic E-state index is 5.67. The predicted octanol–water partition coefficient (Wildman–Crippen LogP) is 4.63. The maximum Gasteiger partial charge on any atom is 0.138 e. The molecule has 0 radical (unpaired) electrons. The molecule has 0 saturated heterocycles. The highest BCUT2D eigenvalue weighted by Crippen LogP contribution is 2.18. The Balaban J connectivity index is 2.36. The van der Waals surface area contributed by atoms with Crippen molar-refractivity contribution in [3.05, 3.63) is 46.6 Å². The zero-order valence-corrected chi connectivity index (χ0v) is 11.3. The second-order valence-corrected chi connectivity index (χ2v) is 4.99. The van der Waals surface area contributed by atoms with Crippen LogP contribution in [0.2, 0.25) is 0 Å². The fraction of sp³-hybridized carbons (Fsp3) is 0.385. The first-order valence-electron chi connectivity index (χ1n) is 5.25. The van der Waals surface area contributed by atoms with Crippen molar-refractivity contribution in [3.8, 4) is 0 Å². The van der Waals surface area contributed by atoms with E-state index < -0.39 is 0 Å². The van der Waals surface area contributed by atoms with Crippen LogP contribution in [0.4, 0.5) is 0 Å². The lowest BCUT2D eigenvalue weighted by atomic mass is 10.3. The molecule has 0 aromatic heterocycles. The van der Waals surface area contributed by atoms with Crippen molar-refractivity contribution in [1.82, 2.24) is 0 Å². The minimum atomic E-state index is 0.560. The molecule has 0 atom stereocenters. The normalized spacial score (nSPS) is 16.6. The summed E-state index contributed by atoms with van der Waals surface area (Å²) in [4.78, 5) is 1.20. The molecule has 1 nitrogen and oxygen atoms in total. The molecule has 16 heavy (non-hydrogen) atoms. The summed E-state index contributed by atoms with van der Waals surface area (Å²) < 4.78 is 5.67. The molecule has 0 aliphatic heterocycles. The standard InChI is InChI=1S/C13H17ClOS/c1-11-5-3-4-6-13(9-11)15-10-16-12(2)7-8-14/h3,5-7,9H,4,8,10H2,1-2H3/b12-7-. The first-order valence-corrected chi connectivity index (χ1v) is 6.77. The number of hydrogen-bond acceptors (Lipinski definition) is 2. The number of rotatable bonds is 5. The summed E-state index contributed by atoms with van der Waals surface area (Å²) in [5.41, 5.74) is 1.22. The van der Waals surface area contributed by atoms with Crippen LogP contribution >= 0.6 is 23.4 Å². The van der Waals surface area contributed by atoms with Gasteiger partial charge in [-0.2, -0.15) is 0 Å². The van der Waals surface area contributed by atoms with Crippen LogP contribution in [0, 0.1) is 0 Å². The van der Waals surface area contributed by atoms with E-state index in [4.69, 9.17) is 16.3 Å². The van der Waals surface area contributed by atoms with Crippen LogP contribution in [-0.2, 0) is 4.74 Å². The highest BCUT2D eigenvalue weighted by atomic mass is 35.5. The van der Waals surface area contributed by atoms with Crippen molar-refractivity contribution in [2.75, 3.05) is 11.8 Å². The third-order valence-corrected chi connectivity index (χ3v) is 3.09. The fourth-order valence-electron chi connectivity index (χ4n) is 1.23. The smallest absolute Gasteiger partial charge is 0.138 e. The second kappa shape index (κ2) is 7.64. The van der Waals surface area contributed by atoms with Crippen LogP contribution in [0.15, 0.2) is 46.6 Å². The number of hydrogen-bond donors (Lipinski definition) is 0. The van der Waals surface area contributed by atoms with Crippen molar-refractivity contribution in [3.63, 3.8) is 0 Å². The molecule has 0 unspecified atom stereocenters. The highest BCUT2D eigenvalue weighted by Gasteiger charge is 1.98. The van der Waals surface area contributed by atoms with E-state index in [0.29, 0.717) is 11.8 Å². The molecule has 0 heterocycles. The Labute approximate surface area is 107 Å². The van der Waals surface area contributed by atoms with Gasteiger partial charge in [-0.3, -0.25) is 0 Å². The van der Waals surface area contributed by atoms with E-state index >= 15 is 0 Å². The SMILES string of the molecule is CC1=CC(OCS/C(C)=C\CCl)=CCC=C1. The van der Waals surface area contributed by atoms with Gasteiger partial charge in [-0.05, 0) is 42.9 Å². The van der Waals surface area contributed by atoms with E-state index in [2.05, 4.69) is 31.2 Å². The molecule has 0 amide bonds. The van der Waals surface area contributed by atoms with E-state index in [1.807, 2.05) is 13.0 Å². The molecule has 1 rings (SSSR count). The van der Waals surface area contributed by atoms with Crippen LogP contribution in [-0.4, -0.2) is 11.8 Å². The Morgan fingerprint density at radius 2 is 2.44 bits per heavy atom. The number of halogens is 1. The summed E-state index contributed by atoms with van der Waals surface area (Å²) in [5.74, 6) is 2.15. The average Bonchev–Trinajstić information content (AvgIpc) is 2.43. The summed E-state index contributed by atoms with van der Waals surface area (Å²) in [6.45, 7) is 4.12. The number of thioether (sulfide) groups is 1. The Kier molecular flexibility index (Phi) is 6.43. The molecule has 0 saturated carbocycles. The van der Waals surface area contributed by atoms with Crippen molar-refractivity contribution in [2.45, 2.75) is 20.3 Å². The lowest BCUT2D eigenvalue weighted by Crippen LogP contribution is -1.89. The number of alkyl halides is 1. The third kappa shape index (κ3) is 5.47. The van der Waals surface area contributed by atoms with E-state index in [-0.39, 0.29) is 0 Å². The molecule has 0 spiro atoms. The van der Waals surface area contributed by atoms with E-state index in [0.717, 1.165) is 12.2 Å². The van der Waals surface area contributed by atoms with Crippen molar-refractivity contribution in [2.24, 2.45) is 0 Å². The molecule has 1 aliphatic carbocycles. The van der Waals surface area contributed by atoms with Gasteiger partial charge in [0.25, 0.3) is 0 Å². The summed E-state index contributed by atoms with van der Waals surface area (Å²) in [7, 11) is 0. The van der Waals surface area contributed by atoms with Crippen molar-refractivity contribution < 1.29 is 4.74 Å². The average molecular weight is 257 g/mol. The van der Waals surface area contributed by atoms with Crippen LogP contribution in [0.5, 0.6) is 0 Å². The third-order valence-electron chi connectivity index (χ3n) is 2.08. The maximum atomic E-state index is 5.67. The Morgan fingerprint density at radius 3 is 3.19 bits per heavy atom. The zero-order chi connectivity index (χ0) is 11.8. The second-order valence-electron chi connectivity index (χ2n) is 3.51. The van der Waals surface area contributed by atoms with Gasteiger partial charge in [0.05, 0.1) is 0 Å². The van der Waals surface area contributed by atoms with E-state index in [1.165, 1.54) is 10.5 Å². The summed E-state index contributed by atoms with van der Waals surface area (Å²) in [6.07, 6.45) is 11.3. The molecule has 0 aromatic rings. The largest absolute Gasteiger partial charge is 0.483 e. The zero-order valence-electron chi connectivity index (χ0n) is 9.70. The molecule has 0 N–H and O–H groups in total. The molecular formula is C13H17ClOS. The van der Waals surface area contributed by atoms with Gasteiger partial charge >= 0.3 is 0 Å². The van der Waals surface area contributed by atoms with Gasteiger partial charge in [-0.15, -0.1) is 11.6 Å². The van der Waals surface area contributed by atoms with Gasteiger partial charge in [-0.1, -0.05) is 30.0 Å². The number of ether oxygens (including phenoxy) is 1. The van der Waals surface area contributed by atoms with Gasteiger partial charge in [0.15, 0.2) is 0 Å². The number of allylic oxidation sites excluding steroid dienone is 7. The van der Waals surface area contributed by atoms with E-state index in [1.54, 1.807) is 11.8 Å². The lowest BCUT2D eigenvalue weighted by molar-refractivity contribution is 0.286. The van der Waals surface area contributed by atoms with Gasteiger partial charge in [-0.25, -0.2) is 0 Å². The Morgan fingerprint density at radius 1 is 1.62 bits per heavy atom. The van der Waals surface area contributed by atoms with Gasteiger partial charge in [0, 0.05) is 5.88 Å². The van der Waals surface area contributed by atoms with Crippen LogP contribution in [0.25, 0.3) is 0 Å². The summed E-state index contributed by atoms with van der Waals surface area (Å²) in [6, 6.07) is 0. The first-order chi connectivity index (χ1) is 7.72. The minimum Gasteiger partial charge on any atom is -0.483 e. The molecule has 3 heteroatoms. The molecule has 0 aromatic carbocycles. The van der Waals surface area contributed by atoms with Gasteiger partial charge in [0.2, 0.25) is 0 Å². The lowest BCUT2D eigenvalue weighted by Gasteiger charge is -2.06. The molecule has 0 bridgehead atoms. The Bertz CT molecular complexity index is 340. The molecule has 0 fully saturated rings.